The second-order valence-electron chi connectivity index (χ2n) is 10.7. The van der Waals surface area contributed by atoms with E-state index in [2.05, 4.69) is 25.3 Å². The summed E-state index contributed by atoms with van der Waals surface area (Å²) in [6.45, 7) is 1.99. The molecule has 1 N–H and O–H groups in total. The molecule has 4 aromatic heterocycles. The molecule has 3 fully saturated rings. The zero-order valence-corrected chi connectivity index (χ0v) is 22.5. The van der Waals surface area contributed by atoms with Crippen LogP contribution in [0.3, 0.4) is 0 Å². The Morgan fingerprint density at radius 3 is 2.73 bits per heavy atom. The van der Waals surface area contributed by atoms with E-state index < -0.39 is 0 Å². The summed E-state index contributed by atoms with van der Waals surface area (Å²) >= 11 is 0. The number of pyridine rings is 1. The lowest BCUT2D eigenvalue weighted by Gasteiger charge is -2.17. The maximum atomic E-state index is 12.8. The highest BCUT2D eigenvalue weighted by Crippen LogP contribution is 2.46. The van der Waals surface area contributed by atoms with Crippen molar-refractivity contribution in [2.75, 3.05) is 23.8 Å². The lowest BCUT2D eigenvalue weighted by atomic mass is 10.1. The van der Waals surface area contributed by atoms with Crippen molar-refractivity contribution >= 4 is 35.1 Å². The Labute approximate surface area is 234 Å². The molecule has 5 heterocycles. The van der Waals surface area contributed by atoms with E-state index in [4.69, 9.17) is 9.72 Å². The fraction of sp³-hybridized carbons (Fsp3) is 0.357. The Hall–Kier alpha value is -4.94. The number of hydrogen-bond acceptors (Lipinski definition) is 9. The normalized spacial score (nSPS) is 20.1. The molecule has 0 aromatic carbocycles. The van der Waals surface area contributed by atoms with Crippen molar-refractivity contribution in [1.82, 2.24) is 34.2 Å². The van der Waals surface area contributed by atoms with Crippen molar-refractivity contribution in [1.29, 1.82) is 0 Å². The van der Waals surface area contributed by atoms with Crippen molar-refractivity contribution in [2.45, 2.75) is 44.6 Å². The van der Waals surface area contributed by atoms with Crippen LogP contribution in [0.5, 0.6) is 5.88 Å². The SMILES string of the molecule is Cc1ccnc(C2CC2C(=O)Nc2cc(OCc3cn4c(N5CC(=O)N(C)C5=O)cc(C5CC5)cc4n3)ncn2)n1. The molecule has 4 amide bonds. The van der Waals surface area contributed by atoms with E-state index in [9.17, 15) is 14.4 Å². The van der Waals surface area contributed by atoms with Gasteiger partial charge in [-0.1, -0.05) is 0 Å². The van der Waals surface area contributed by atoms with Gasteiger partial charge in [0, 0.05) is 43.0 Å². The highest BCUT2D eigenvalue weighted by Gasteiger charge is 2.46. The molecule has 3 aliphatic rings. The van der Waals surface area contributed by atoms with E-state index in [1.807, 2.05) is 29.5 Å². The predicted molar refractivity (Wildman–Crippen MR) is 145 cm³/mol. The third kappa shape index (κ3) is 4.83. The van der Waals surface area contributed by atoms with E-state index in [1.165, 1.54) is 18.3 Å². The number of aryl methyl sites for hydroxylation is 1. The number of aromatic nitrogens is 6. The van der Waals surface area contributed by atoms with Crippen LogP contribution in [0.4, 0.5) is 16.4 Å². The molecular weight excluding hydrogens is 526 g/mol. The van der Waals surface area contributed by atoms with Gasteiger partial charge in [-0.15, -0.1) is 0 Å². The molecule has 0 radical (unpaired) electrons. The quantitative estimate of drug-likeness (QED) is 0.325. The number of amides is 4. The zero-order chi connectivity index (χ0) is 28.2. The van der Waals surface area contributed by atoms with Gasteiger partial charge in [-0.05, 0) is 55.9 Å². The molecule has 0 spiro atoms. The Bertz CT molecular complexity index is 1720. The van der Waals surface area contributed by atoms with Crippen LogP contribution in [0.1, 0.15) is 53.9 Å². The van der Waals surface area contributed by atoms with Crippen LogP contribution >= 0.6 is 0 Å². The largest absolute Gasteiger partial charge is 0.471 e. The highest BCUT2D eigenvalue weighted by molar-refractivity contribution is 6.11. The van der Waals surface area contributed by atoms with Crippen molar-refractivity contribution < 1.29 is 19.1 Å². The van der Waals surface area contributed by atoms with Crippen molar-refractivity contribution in [3.63, 3.8) is 0 Å². The number of imide groups is 1. The summed E-state index contributed by atoms with van der Waals surface area (Å²) in [5.41, 5.74) is 3.26. The minimum Gasteiger partial charge on any atom is -0.471 e. The molecule has 13 nitrogen and oxygen atoms in total. The van der Waals surface area contributed by atoms with Crippen LogP contribution in [0.15, 0.2) is 43.0 Å². The fourth-order valence-corrected chi connectivity index (χ4v) is 5.12. The fourth-order valence-electron chi connectivity index (χ4n) is 5.12. The smallest absolute Gasteiger partial charge is 0.332 e. The van der Waals surface area contributed by atoms with Crippen LogP contribution in [0.2, 0.25) is 0 Å². The monoisotopic (exact) mass is 553 g/mol. The molecule has 1 saturated heterocycles. The van der Waals surface area contributed by atoms with Crippen LogP contribution in [-0.4, -0.2) is 65.7 Å². The summed E-state index contributed by atoms with van der Waals surface area (Å²) in [4.78, 5) is 62.1. The number of likely N-dealkylation sites (N-methyl/N-ethyl adjacent to an activating group) is 1. The van der Waals surface area contributed by atoms with Crippen LogP contribution in [0.25, 0.3) is 5.65 Å². The van der Waals surface area contributed by atoms with Crippen molar-refractivity contribution in [3.05, 3.63) is 65.8 Å². The standard InChI is InChI=1S/C28H27N9O4/c1-15-5-6-29-26(32-15)19-9-20(19)27(39)34-21-10-23(31-14-30-21)41-13-18-11-36-22(33-18)7-17(16-3-4-16)8-24(36)37-12-25(38)35(2)28(37)40/h5-8,10-11,14,16,19-20H,3-4,9,12-13H2,1-2H3,(H,30,31,34,39). The number of anilines is 2. The molecule has 2 aliphatic carbocycles. The van der Waals surface area contributed by atoms with Gasteiger partial charge in [-0.25, -0.2) is 29.7 Å². The van der Waals surface area contributed by atoms with Gasteiger partial charge in [0.1, 0.15) is 42.6 Å². The Morgan fingerprint density at radius 1 is 1.12 bits per heavy atom. The van der Waals surface area contributed by atoms with Gasteiger partial charge >= 0.3 is 6.03 Å². The molecule has 0 bridgehead atoms. The predicted octanol–water partition coefficient (Wildman–Crippen LogP) is 2.82. The topological polar surface area (TPSA) is 148 Å². The zero-order valence-electron chi connectivity index (χ0n) is 22.5. The summed E-state index contributed by atoms with van der Waals surface area (Å²) in [6.07, 6.45) is 7.70. The van der Waals surface area contributed by atoms with E-state index >= 15 is 0 Å². The van der Waals surface area contributed by atoms with Gasteiger partial charge in [-0.3, -0.25) is 23.8 Å². The van der Waals surface area contributed by atoms with Crippen molar-refractivity contribution in [3.8, 4) is 5.88 Å². The average molecular weight is 554 g/mol. The minimum atomic E-state index is -0.366. The van der Waals surface area contributed by atoms with Crippen LogP contribution in [-0.2, 0) is 16.2 Å². The first kappa shape index (κ1) is 25.1. The Balaban J connectivity index is 1.05. The first-order chi connectivity index (χ1) is 19.8. The van der Waals surface area contributed by atoms with Crippen molar-refractivity contribution in [2.24, 2.45) is 5.92 Å². The molecule has 7 rings (SSSR count). The van der Waals surface area contributed by atoms with Gasteiger partial charge in [0.15, 0.2) is 0 Å². The third-order valence-electron chi connectivity index (χ3n) is 7.67. The first-order valence-electron chi connectivity index (χ1n) is 13.5. The molecule has 208 valence electrons. The number of nitrogens with one attached hydrogen (secondary N) is 1. The van der Waals surface area contributed by atoms with Crippen LogP contribution in [0, 0.1) is 12.8 Å². The molecule has 1 aliphatic heterocycles. The second kappa shape index (κ2) is 9.61. The second-order valence-corrected chi connectivity index (χ2v) is 10.7. The maximum Gasteiger partial charge on any atom is 0.332 e. The number of fused-ring (bicyclic) bond motifs is 1. The summed E-state index contributed by atoms with van der Waals surface area (Å²) in [5, 5.41) is 2.84. The molecule has 2 saturated carbocycles. The molecule has 2 atom stereocenters. The van der Waals surface area contributed by atoms with E-state index in [1.54, 1.807) is 18.5 Å². The summed E-state index contributed by atoms with van der Waals surface area (Å²) in [7, 11) is 1.49. The first-order valence-corrected chi connectivity index (χ1v) is 13.5. The number of ether oxygens (including phenoxy) is 1. The van der Waals surface area contributed by atoms with E-state index in [0.29, 0.717) is 41.1 Å². The lowest BCUT2D eigenvalue weighted by Crippen LogP contribution is -2.31. The number of rotatable bonds is 8. The van der Waals surface area contributed by atoms with Gasteiger partial charge in [0.05, 0.1) is 5.69 Å². The number of carbonyl (C=O) groups is 3. The lowest BCUT2D eigenvalue weighted by molar-refractivity contribution is -0.124. The van der Waals surface area contributed by atoms with Gasteiger partial charge in [-0.2, -0.15) is 0 Å². The van der Waals surface area contributed by atoms with Gasteiger partial charge in [0.2, 0.25) is 11.8 Å². The van der Waals surface area contributed by atoms with Gasteiger partial charge in [0.25, 0.3) is 5.91 Å². The molecule has 13 heteroatoms. The highest BCUT2D eigenvalue weighted by atomic mass is 16.5. The Kier molecular flexibility index (Phi) is 5.87. The van der Waals surface area contributed by atoms with Crippen LogP contribution < -0.4 is 15.0 Å². The Morgan fingerprint density at radius 2 is 1.98 bits per heavy atom. The number of nitrogens with zero attached hydrogens (tertiary/aromatic N) is 8. The number of urea groups is 1. The summed E-state index contributed by atoms with van der Waals surface area (Å²) in [6, 6.07) is 7.01. The molecule has 41 heavy (non-hydrogen) atoms. The van der Waals surface area contributed by atoms with E-state index in [-0.39, 0.29) is 48.7 Å². The molecule has 4 aromatic rings. The maximum absolute atomic E-state index is 12.8. The number of imidazole rings is 1. The minimum absolute atomic E-state index is 0.00204. The summed E-state index contributed by atoms with van der Waals surface area (Å²) < 4.78 is 7.70. The molecule has 2 unspecified atom stereocenters. The third-order valence-corrected chi connectivity index (χ3v) is 7.67. The van der Waals surface area contributed by atoms with Gasteiger partial charge < -0.3 is 10.1 Å². The summed E-state index contributed by atoms with van der Waals surface area (Å²) in [5.74, 6) is 1.73. The number of hydrogen-bond donors (Lipinski definition) is 1. The average Bonchev–Trinajstić information content (AvgIpc) is 3.89. The van der Waals surface area contributed by atoms with E-state index in [0.717, 1.165) is 29.0 Å². The number of carbonyl (C=O) groups excluding carboxylic acids is 3. The molecular formula is C28H27N9O4.